The van der Waals surface area contributed by atoms with E-state index >= 15 is 0 Å². The molecule has 2 N–H and O–H groups in total. The van der Waals surface area contributed by atoms with E-state index in [0.29, 0.717) is 38.5 Å². The van der Waals surface area contributed by atoms with Gasteiger partial charge in [-0.2, -0.15) is 0 Å². The lowest BCUT2D eigenvalue weighted by Gasteiger charge is -2.32. The van der Waals surface area contributed by atoms with E-state index in [2.05, 4.69) is 9.97 Å². The standard InChI is InChI=1S/C56H74N8O12S6/c1-11-17-23-77(65,66)41-29-35-36(30-42(41)78(67,68)24-18-12-2)48-57-47(35)58-49-37-31-43(79(69,70)25-19-13-3)45(81(73,74)27-21-15-5)33-39(37)51(60-49)62-53-55(7,8)56(9,10)54(64-53)63-52-40-34-46(82(75,76)28-22-16-6)44(80(71,72)26-20-14-4)32-38(40)50(59-48)61-52/h29-34H,11-28H2,1-10H3,(H2,57,58,59,60,61,62,63,64). The Morgan fingerprint density at radius 2 is 0.537 bits per heavy atom. The van der Waals surface area contributed by atoms with Crippen molar-refractivity contribution >= 4 is 103 Å². The smallest absolute Gasteiger partial charge is 0.179 e. The van der Waals surface area contributed by atoms with Crippen molar-refractivity contribution in [2.45, 2.75) is 186 Å². The van der Waals surface area contributed by atoms with E-state index in [-0.39, 0.29) is 140 Å². The van der Waals surface area contributed by atoms with Crippen LogP contribution in [0.1, 0.15) is 158 Å². The van der Waals surface area contributed by atoms with Crippen LogP contribution < -0.4 is 0 Å². The van der Waals surface area contributed by atoms with E-state index in [1.54, 1.807) is 13.8 Å². The number of aromatic amines is 2. The summed E-state index contributed by atoms with van der Waals surface area (Å²) >= 11 is 0. The highest BCUT2D eigenvalue weighted by Crippen LogP contribution is 2.46. The van der Waals surface area contributed by atoms with Crippen molar-refractivity contribution < 1.29 is 50.5 Å². The van der Waals surface area contributed by atoms with Gasteiger partial charge in [-0.1, -0.05) is 108 Å². The number of H-pyrrole nitrogens is 2. The van der Waals surface area contributed by atoms with Crippen molar-refractivity contribution in [3.63, 3.8) is 0 Å². The highest BCUT2D eigenvalue weighted by molar-refractivity contribution is 7.95. The third kappa shape index (κ3) is 11.8. The van der Waals surface area contributed by atoms with Gasteiger partial charge in [-0.3, -0.25) is 0 Å². The summed E-state index contributed by atoms with van der Waals surface area (Å²) in [4.78, 5) is 33.8. The van der Waals surface area contributed by atoms with Crippen LogP contribution in [-0.2, 0) is 69.9 Å². The van der Waals surface area contributed by atoms with Crippen LogP contribution >= 0.6 is 0 Å². The van der Waals surface area contributed by atoms with Crippen LogP contribution in [0.15, 0.2) is 65.8 Å². The summed E-state index contributed by atoms with van der Waals surface area (Å²) in [5.74, 6) is -2.28. The predicted octanol–water partition coefficient (Wildman–Crippen LogP) is 10.2. The molecule has 20 nitrogen and oxygen atoms in total. The van der Waals surface area contributed by atoms with Gasteiger partial charge < -0.3 is 9.97 Å². The molecule has 26 heteroatoms. The lowest BCUT2D eigenvalue weighted by Crippen LogP contribution is -2.37. The van der Waals surface area contributed by atoms with Crippen LogP contribution in [0.3, 0.4) is 0 Å². The van der Waals surface area contributed by atoms with Gasteiger partial charge >= 0.3 is 0 Å². The molecule has 0 unspecified atom stereocenters. The molecule has 3 aromatic heterocycles. The Hall–Kier alpha value is -5.28. The van der Waals surface area contributed by atoms with Crippen LogP contribution in [-0.4, -0.2) is 125 Å². The quantitative estimate of drug-likeness (QED) is 0.0568. The second-order valence-electron chi connectivity index (χ2n) is 22.4. The molecule has 0 radical (unpaired) electrons. The van der Waals surface area contributed by atoms with Crippen molar-refractivity contribution in [3.05, 3.63) is 48.0 Å². The van der Waals surface area contributed by atoms with Crippen molar-refractivity contribution in [1.29, 1.82) is 0 Å². The van der Waals surface area contributed by atoms with E-state index in [1.165, 1.54) is 36.4 Å². The predicted molar refractivity (Wildman–Crippen MR) is 319 cm³/mol. The number of nitrogens with zero attached hydrogens (tertiary/aromatic N) is 6. The molecule has 0 atom stereocenters. The number of nitrogens with one attached hydrogen (secondary N) is 2. The van der Waals surface area contributed by atoms with E-state index in [9.17, 15) is 50.5 Å². The molecule has 8 bridgehead atoms. The molecule has 2 aliphatic heterocycles. The van der Waals surface area contributed by atoms with Gasteiger partial charge in [0.05, 0.1) is 63.9 Å². The number of hydrogen-bond donors (Lipinski definition) is 2. The third-order valence-electron chi connectivity index (χ3n) is 15.8. The van der Waals surface area contributed by atoms with Crippen molar-refractivity contribution in [1.82, 2.24) is 39.9 Å². The maximum atomic E-state index is 14.5. The van der Waals surface area contributed by atoms with Crippen molar-refractivity contribution in [2.24, 2.45) is 0 Å². The highest BCUT2D eigenvalue weighted by atomic mass is 32.2. The molecule has 2 aliphatic rings. The van der Waals surface area contributed by atoms with Gasteiger partial charge in [0.1, 0.15) is 34.2 Å². The minimum Gasteiger partial charge on any atom is -0.324 e. The minimum atomic E-state index is -4.35. The van der Waals surface area contributed by atoms with E-state index in [0.717, 1.165) is 0 Å². The van der Waals surface area contributed by atoms with E-state index < -0.39 is 111 Å². The van der Waals surface area contributed by atoms with Crippen molar-refractivity contribution in [3.8, 4) is 22.8 Å². The number of unbranched alkanes of at least 4 members (excludes halogenated alkanes) is 6. The minimum absolute atomic E-state index is 0.00171. The molecule has 0 saturated heterocycles. The van der Waals surface area contributed by atoms with Gasteiger partial charge in [-0.05, 0) is 74.9 Å². The summed E-state index contributed by atoms with van der Waals surface area (Å²) in [5, 5.41) is 0.483. The van der Waals surface area contributed by atoms with Gasteiger partial charge in [0.2, 0.25) is 0 Å². The molecular formula is C56H74N8O12S6. The molecule has 3 aromatic carbocycles. The van der Waals surface area contributed by atoms with Gasteiger partial charge in [-0.15, -0.1) is 0 Å². The van der Waals surface area contributed by atoms with Gasteiger partial charge in [0.25, 0.3) is 0 Å². The van der Waals surface area contributed by atoms with Crippen LogP contribution in [0.25, 0.3) is 66.9 Å². The first kappa shape index (κ1) is 62.8. The fourth-order valence-electron chi connectivity index (χ4n) is 9.89. The normalized spacial score (nSPS) is 14.9. The fourth-order valence-corrected chi connectivity index (χ4v) is 21.5. The first-order chi connectivity index (χ1) is 38.4. The molecule has 0 amide bonds. The van der Waals surface area contributed by atoms with Crippen LogP contribution in [0, 0.1) is 0 Å². The molecule has 446 valence electrons. The van der Waals surface area contributed by atoms with Gasteiger partial charge in [0, 0.05) is 43.5 Å². The molecule has 0 fully saturated rings. The number of fused-ring (bicyclic) bond motifs is 17. The number of aromatic nitrogens is 8. The average Bonchev–Trinajstić information content (AvgIpc) is 4.21. The Morgan fingerprint density at radius 3 is 0.768 bits per heavy atom. The largest absolute Gasteiger partial charge is 0.324 e. The second kappa shape index (κ2) is 23.3. The zero-order chi connectivity index (χ0) is 60.2. The highest BCUT2D eigenvalue weighted by Gasteiger charge is 2.49. The number of rotatable bonds is 24. The second-order valence-corrected chi connectivity index (χ2v) is 34.9. The topological polar surface area (TPSA) is 314 Å². The first-order valence-corrected chi connectivity index (χ1v) is 38.0. The summed E-state index contributed by atoms with van der Waals surface area (Å²) < 4.78 is 173. The maximum absolute atomic E-state index is 14.5. The van der Waals surface area contributed by atoms with Crippen LogP contribution in [0.2, 0.25) is 0 Å². The molecule has 5 heterocycles. The van der Waals surface area contributed by atoms with Crippen molar-refractivity contribution in [2.75, 3.05) is 34.5 Å². The number of hydrogen-bond acceptors (Lipinski definition) is 18. The summed E-state index contributed by atoms with van der Waals surface area (Å²) in [5.41, 5.74) is -2.08. The third-order valence-corrected chi connectivity index (χ3v) is 27.2. The molecular weight excluding hydrogens is 1170 g/mol. The lowest BCUT2D eigenvalue weighted by molar-refractivity contribution is 0.310. The zero-order valence-corrected chi connectivity index (χ0v) is 53.1. The Bertz CT molecular complexity index is 4140. The number of benzene rings is 3. The summed E-state index contributed by atoms with van der Waals surface area (Å²) in [6.45, 7) is 18.4. The summed E-state index contributed by atoms with van der Waals surface area (Å²) in [6, 6.07) is 7.46. The van der Waals surface area contributed by atoms with Crippen LogP contribution in [0.4, 0.5) is 0 Å². The van der Waals surface area contributed by atoms with Crippen LogP contribution in [0.5, 0.6) is 0 Å². The Labute approximate surface area is 482 Å². The number of sulfone groups is 6. The Balaban J connectivity index is 1.66. The monoisotopic (exact) mass is 1240 g/mol. The Morgan fingerprint density at radius 1 is 0.317 bits per heavy atom. The maximum Gasteiger partial charge on any atom is 0.179 e. The summed E-state index contributed by atoms with van der Waals surface area (Å²) in [6.07, 6.45) is 4.30. The molecule has 8 rings (SSSR count). The fraction of sp³-hybridized carbons (Fsp3) is 0.536. The summed E-state index contributed by atoms with van der Waals surface area (Å²) in [7, 11) is -25.8. The molecule has 0 spiro atoms. The average molecular weight is 1240 g/mol. The van der Waals surface area contributed by atoms with E-state index in [4.69, 9.17) is 29.9 Å². The first-order valence-electron chi connectivity index (χ1n) is 28.1. The zero-order valence-electron chi connectivity index (χ0n) is 48.2. The Kier molecular flexibility index (Phi) is 17.8. The SMILES string of the molecule is CCCCS(=O)(=O)c1cc2c(cc1S(=O)(=O)CCCC)-c1nc-2nc2[nH]c(nc3nc(nc4[nH]c(n1)c1cc(S(=O)(=O)CCCC)c(S(=O)(=O)CCCC)cc41)C(C)(C)C3(C)C)c1cc(S(=O)(=O)CCCC)c(S(=O)(=O)CCCC)cc21. The molecule has 0 aliphatic carbocycles. The molecule has 82 heavy (non-hydrogen) atoms. The molecule has 0 saturated carbocycles. The van der Waals surface area contributed by atoms with Gasteiger partial charge in [0.15, 0.2) is 70.7 Å². The van der Waals surface area contributed by atoms with Gasteiger partial charge in [-0.25, -0.2) is 80.4 Å². The van der Waals surface area contributed by atoms with E-state index in [1.807, 2.05) is 55.4 Å². The molecule has 6 aromatic rings. The lowest BCUT2D eigenvalue weighted by atomic mass is 9.69.